The highest BCUT2D eigenvalue weighted by Crippen LogP contribution is 1.86. The first-order valence-corrected chi connectivity index (χ1v) is 8.10. The molecule has 0 fully saturated rings. The first-order chi connectivity index (χ1) is 11.2. The number of ether oxygens (including phenoxy) is 3. The van der Waals surface area contributed by atoms with E-state index in [-0.39, 0.29) is 11.8 Å². The van der Waals surface area contributed by atoms with Gasteiger partial charge < -0.3 is 24.8 Å². The Balaban J connectivity index is 3.06. The van der Waals surface area contributed by atoms with Gasteiger partial charge in [-0.15, -0.1) is 0 Å². The minimum absolute atomic E-state index is 0.0661. The smallest absolute Gasteiger partial charge is 0.243 e. The fraction of sp³-hybridized carbons (Fsp3) is 0.750. The maximum Gasteiger partial charge on any atom is 0.243 e. The Morgan fingerprint density at radius 3 is 1.83 bits per heavy atom. The maximum atomic E-state index is 11.0. The molecular weight excluding hydrogens is 300 g/mol. The first kappa shape index (κ1) is 21.6. The molecule has 0 aromatic heterocycles. The Morgan fingerprint density at radius 1 is 0.870 bits per heavy atom. The summed E-state index contributed by atoms with van der Waals surface area (Å²) in [4.78, 5) is 21.8. The molecule has 0 radical (unpaired) electrons. The molecule has 0 aliphatic carbocycles. The van der Waals surface area contributed by atoms with E-state index in [9.17, 15) is 9.59 Å². The highest BCUT2D eigenvalue weighted by molar-refractivity contribution is 5.86. The van der Waals surface area contributed by atoms with E-state index in [0.29, 0.717) is 59.2 Å². The Morgan fingerprint density at radius 2 is 1.35 bits per heavy atom. The van der Waals surface area contributed by atoms with Crippen molar-refractivity contribution in [2.24, 2.45) is 0 Å². The second-order valence-corrected chi connectivity index (χ2v) is 4.74. The summed E-state index contributed by atoms with van der Waals surface area (Å²) >= 11 is 0. The van der Waals surface area contributed by atoms with Gasteiger partial charge in [0.25, 0.3) is 0 Å². The maximum absolute atomic E-state index is 11.0. The zero-order valence-corrected chi connectivity index (χ0v) is 14.1. The van der Waals surface area contributed by atoms with Gasteiger partial charge in [-0.25, -0.2) is 0 Å². The molecule has 0 rings (SSSR count). The lowest BCUT2D eigenvalue weighted by Gasteiger charge is -2.07. The van der Waals surface area contributed by atoms with Gasteiger partial charge in [0.05, 0.1) is 26.4 Å². The van der Waals surface area contributed by atoms with Crippen molar-refractivity contribution in [2.45, 2.75) is 26.2 Å². The van der Waals surface area contributed by atoms with Crippen LogP contribution in [0.25, 0.3) is 0 Å². The van der Waals surface area contributed by atoms with Crippen molar-refractivity contribution in [1.29, 1.82) is 0 Å². The molecule has 2 amide bonds. The van der Waals surface area contributed by atoms with Crippen molar-refractivity contribution in [2.75, 3.05) is 52.7 Å². The van der Waals surface area contributed by atoms with Gasteiger partial charge in [0.2, 0.25) is 11.8 Å². The summed E-state index contributed by atoms with van der Waals surface area (Å²) in [6.07, 6.45) is 3.33. The number of rotatable bonds is 16. The Hall–Kier alpha value is -1.44. The highest BCUT2D eigenvalue weighted by Gasteiger charge is 1.96. The van der Waals surface area contributed by atoms with Crippen molar-refractivity contribution in [3.05, 3.63) is 12.7 Å². The lowest BCUT2D eigenvalue weighted by atomic mass is 10.4. The molecule has 0 heterocycles. The molecule has 0 aromatic carbocycles. The van der Waals surface area contributed by atoms with E-state index >= 15 is 0 Å². The largest absolute Gasteiger partial charge is 0.379 e. The van der Waals surface area contributed by atoms with E-state index in [1.165, 1.54) is 6.08 Å². The van der Waals surface area contributed by atoms with Gasteiger partial charge in [-0.3, -0.25) is 9.59 Å². The molecule has 23 heavy (non-hydrogen) atoms. The standard InChI is InChI=1S/C16H30N2O5/c1-3-15(19)17-7-5-9-21-11-13-23-14-12-22-10-6-8-18-16(20)4-2/h3H,1,4-14H2,2H3,(H,17,19)(H,18,20). The van der Waals surface area contributed by atoms with Crippen LogP contribution >= 0.6 is 0 Å². The van der Waals surface area contributed by atoms with Crippen LogP contribution < -0.4 is 10.6 Å². The zero-order chi connectivity index (χ0) is 17.2. The van der Waals surface area contributed by atoms with Gasteiger partial charge in [-0.2, -0.15) is 0 Å². The van der Waals surface area contributed by atoms with Crippen LogP contribution in [-0.2, 0) is 23.8 Å². The van der Waals surface area contributed by atoms with Crippen LogP contribution in [0, 0.1) is 0 Å². The van der Waals surface area contributed by atoms with Crippen molar-refractivity contribution < 1.29 is 23.8 Å². The Kier molecular flexibility index (Phi) is 15.9. The van der Waals surface area contributed by atoms with E-state index in [0.717, 1.165) is 12.8 Å². The third kappa shape index (κ3) is 16.8. The second kappa shape index (κ2) is 16.9. The van der Waals surface area contributed by atoms with Crippen molar-refractivity contribution in [3.63, 3.8) is 0 Å². The molecule has 0 aliphatic heterocycles. The van der Waals surface area contributed by atoms with Crippen molar-refractivity contribution in [3.8, 4) is 0 Å². The van der Waals surface area contributed by atoms with E-state index < -0.39 is 0 Å². The third-order valence-electron chi connectivity index (χ3n) is 2.80. The predicted molar refractivity (Wildman–Crippen MR) is 88.2 cm³/mol. The lowest BCUT2D eigenvalue weighted by Crippen LogP contribution is -2.24. The molecule has 0 bridgehead atoms. The van der Waals surface area contributed by atoms with Crippen LogP contribution in [0.3, 0.4) is 0 Å². The summed E-state index contributed by atoms with van der Waals surface area (Å²) in [5.41, 5.74) is 0. The number of carbonyl (C=O) groups excluding carboxylic acids is 2. The van der Waals surface area contributed by atoms with E-state index in [2.05, 4.69) is 17.2 Å². The van der Waals surface area contributed by atoms with Crippen LogP contribution in [0.4, 0.5) is 0 Å². The molecule has 0 atom stereocenters. The second-order valence-electron chi connectivity index (χ2n) is 4.74. The molecule has 0 aromatic rings. The quantitative estimate of drug-likeness (QED) is 0.320. The minimum atomic E-state index is -0.166. The average molecular weight is 330 g/mol. The normalized spacial score (nSPS) is 10.3. The molecule has 2 N–H and O–H groups in total. The SMILES string of the molecule is C=CC(=O)NCCCOCCOCCOCCCNC(=O)CC. The molecule has 7 nitrogen and oxygen atoms in total. The number of amides is 2. The molecule has 134 valence electrons. The summed E-state index contributed by atoms with van der Waals surface area (Å²) in [7, 11) is 0. The molecule has 7 heteroatoms. The molecule has 0 aliphatic rings. The fourth-order valence-electron chi connectivity index (χ4n) is 1.53. The van der Waals surface area contributed by atoms with E-state index in [1.54, 1.807) is 0 Å². The Bertz CT molecular complexity index is 324. The van der Waals surface area contributed by atoms with Crippen LogP contribution in [0.1, 0.15) is 26.2 Å². The van der Waals surface area contributed by atoms with E-state index in [4.69, 9.17) is 14.2 Å². The molecular formula is C16H30N2O5. The summed E-state index contributed by atoms with van der Waals surface area (Å²) < 4.78 is 16.1. The topological polar surface area (TPSA) is 85.9 Å². The number of carbonyl (C=O) groups is 2. The van der Waals surface area contributed by atoms with Gasteiger partial charge in [-0.1, -0.05) is 13.5 Å². The number of hydrogen-bond donors (Lipinski definition) is 2. The first-order valence-electron chi connectivity index (χ1n) is 8.10. The number of hydrogen-bond acceptors (Lipinski definition) is 5. The highest BCUT2D eigenvalue weighted by atomic mass is 16.5. The summed E-state index contributed by atoms with van der Waals surface area (Å²) in [6.45, 7) is 9.73. The van der Waals surface area contributed by atoms with Crippen LogP contribution in [0.15, 0.2) is 12.7 Å². The molecule has 0 unspecified atom stereocenters. The summed E-state index contributed by atoms with van der Waals surface area (Å²) in [6, 6.07) is 0. The van der Waals surface area contributed by atoms with Gasteiger partial charge in [0.15, 0.2) is 0 Å². The van der Waals surface area contributed by atoms with Crippen LogP contribution in [0.5, 0.6) is 0 Å². The van der Waals surface area contributed by atoms with Crippen LogP contribution in [0.2, 0.25) is 0 Å². The van der Waals surface area contributed by atoms with Crippen LogP contribution in [-0.4, -0.2) is 64.5 Å². The van der Waals surface area contributed by atoms with Gasteiger partial charge in [0.1, 0.15) is 0 Å². The summed E-state index contributed by atoms with van der Waals surface area (Å²) in [5, 5.41) is 5.46. The summed E-state index contributed by atoms with van der Waals surface area (Å²) in [5.74, 6) is -0.0995. The number of nitrogens with one attached hydrogen (secondary N) is 2. The Labute approximate surface area is 138 Å². The molecule has 0 spiro atoms. The van der Waals surface area contributed by atoms with Crippen molar-refractivity contribution >= 4 is 11.8 Å². The third-order valence-corrected chi connectivity index (χ3v) is 2.80. The lowest BCUT2D eigenvalue weighted by molar-refractivity contribution is -0.120. The minimum Gasteiger partial charge on any atom is -0.379 e. The van der Waals surface area contributed by atoms with Gasteiger partial charge in [0, 0.05) is 32.7 Å². The van der Waals surface area contributed by atoms with E-state index in [1.807, 2.05) is 6.92 Å². The average Bonchev–Trinajstić information content (AvgIpc) is 2.57. The van der Waals surface area contributed by atoms with Gasteiger partial charge >= 0.3 is 0 Å². The zero-order valence-electron chi connectivity index (χ0n) is 14.1. The predicted octanol–water partition coefficient (Wildman–Crippen LogP) is 0.645. The molecule has 0 saturated heterocycles. The fourth-order valence-corrected chi connectivity index (χ4v) is 1.53. The van der Waals surface area contributed by atoms with Crippen molar-refractivity contribution in [1.82, 2.24) is 10.6 Å². The van der Waals surface area contributed by atoms with Gasteiger partial charge in [-0.05, 0) is 18.9 Å². The molecule has 0 saturated carbocycles. The monoisotopic (exact) mass is 330 g/mol.